The number of likely N-dealkylation sites (N-methyl/N-ethyl adjacent to an activating group) is 1. The first-order valence-corrected chi connectivity index (χ1v) is 23.1. The number of oxime groups is 1. The number of hydrogen-bond donors (Lipinski definition) is 4. The van der Waals surface area contributed by atoms with Gasteiger partial charge in [-0.3, -0.25) is 4.79 Å². The minimum Gasteiger partial charge on any atom is -0.490 e. The summed E-state index contributed by atoms with van der Waals surface area (Å²) in [5.74, 6) is -2.87. The van der Waals surface area contributed by atoms with Gasteiger partial charge in [0.1, 0.15) is 30.3 Å². The number of ether oxygens (including phenoxy) is 7. The van der Waals surface area contributed by atoms with E-state index in [1.54, 1.807) is 66.0 Å². The number of halogens is 1. The first-order valence-electron chi connectivity index (χ1n) is 22.7. The Hall–Kier alpha value is -1.99. The highest BCUT2D eigenvalue weighted by Crippen LogP contribution is 2.43. The number of nitrogens with zero attached hydrogens (tertiary/aromatic N) is 2. The van der Waals surface area contributed by atoms with Gasteiger partial charge in [0.25, 0.3) is 0 Å². The SMILES string of the molecule is CC[C@H]1CC(=O)[C@H](C)[C@@H](O[C@H]2C[C@@](C)(OC)[C@@H](O)[C@H](C)O2)[C@H](C)[C@@H](O[C@@H]2O[C@H](C)C[C@H](N(C)C)[C@H]2O)[C@](C)(OC)C[C@@H](C)/C(=N\OCCOc2ccc(Cl)cc2)[C@H](C)[C@@H](O)[C@]1(C)O. The largest absolute Gasteiger partial charge is 0.490 e. The lowest BCUT2D eigenvalue weighted by atomic mass is 9.69. The fourth-order valence-electron chi connectivity index (χ4n) is 10.0. The molecular weight excluding hydrogens is 836 g/mol. The number of benzene rings is 1. The smallest absolute Gasteiger partial charge is 0.185 e. The van der Waals surface area contributed by atoms with Gasteiger partial charge in [-0.2, -0.15) is 0 Å². The Kier molecular flexibility index (Phi) is 19.3. The Bertz CT molecular complexity index is 1620. The van der Waals surface area contributed by atoms with Gasteiger partial charge in [0.2, 0.25) is 0 Å². The summed E-state index contributed by atoms with van der Waals surface area (Å²) in [6.07, 6.45) is -6.72. The first kappa shape index (κ1) is 53.6. The van der Waals surface area contributed by atoms with Gasteiger partial charge >= 0.3 is 0 Å². The molecule has 4 N–H and O–H groups in total. The number of carbonyl (C=O) groups excluding carboxylic acids is 1. The van der Waals surface area contributed by atoms with Crippen LogP contribution in [0.25, 0.3) is 0 Å². The number of aliphatic hydroxyl groups is 4. The predicted molar refractivity (Wildman–Crippen MR) is 240 cm³/mol. The number of Topliss-reactive ketones (excluding diaryl/α,β-unsaturated/α-hetero) is 1. The van der Waals surface area contributed by atoms with Crippen LogP contribution in [0.5, 0.6) is 5.75 Å². The molecule has 3 aliphatic rings. The second-order valence-corrected chi connectivity index (χ2v) is 19.8. The van der Waals surface area contributed by atoms with Gasteiger partial charge in [-0.25, -0.2) is 0 Å². The number of hydrogen-bond acceptors (Lipinski definition) is 15. The molecule has 18 atom stereocenters. The van der Waals surface area contributed by atoms with Crippen molar-refractivity contribution in [3.05, 3.63) is 29.3 Å². The number of aliphatic hydroxyl groups excluding tert-OH is 3. The van der Waals surface area contributed by atoms with Crippen LogP contribution in [-0.2, 0) is 38.1 Å². The molecule has 63 heavy (non-hydrogen) atoms. The average molecular weight is 916 g/mol. The number of methoxy groups -OCH3 is 2. The normalized spacial score (nSPS) is 43.1. The number of ketones is 1. The van der Waals surface area contributed by atoms with E-state index in [9.17, 15) is 25.2 Å². The highest BCUT2D eigenvalue weighted by atomic mass is 35.5. The second-order valence-electron chi connectivity index (χ2n) is 19.3. The van der Waals surface area contributed by atoms with E-state index in [4.69, 9.17) is 49.6 Å². The summed E-state index contributed by atoms with van der Waals surface area (Å²) >= 11 is 6.04. The minimum atomic E-state index is -1.73. The third-order valence-electron chi connectivity index (χ3n) is 14.4. The Morgan fingerprint density at radius 1 is 0.873 bits per heavy atom. The van der Waals surface area contributed by atoms with Crippen LogP contribution in [-0.4, -0.2) is 157 Å². The van der Waals surface area contributed by atoms with Crippen molar-refractivity contribution in [1.82, 2.24) is 4.90 Å². The van der Waals surface area contributed by atoms with Gasteiger partial charge in [0.05, 0.1) is 53.0 Å². The van der Waals surface area contributed by atoms with Crippen LogP contribution in [0.3, 0.4) is 0 Å². The van der Waals surface area contributed by atoms with Crippen LogP contribution in [0.1, 0.15) is 101 Å². The highest BCUT2D eigenvalue weighted by molar-refractivity contribution is 6.30. The van der Waals surface area contributed by atoms with Crippen LogP contribution < -0.4 is 4.74 Å². The number of rotatable bonds is 13. The lowest BCUT2D eigenvalue weighted by molar-refractivity contribution is -0.318. The molecule has 0 unspecified atom stereocenters. The van der Waals surface area contributed by atoms with Crippen molar-refractivity contribution in [2.75, 3.05) is 41.5 Å². The highest BCUT2D eigenvalue weighted by Gasteiger charge is 2.53. The van der Waals surface area contributed by atoms with Crippen LogP contribution in [0, 0.1) is 29.6 Å². The molecule has 2 saturated heterocycles. The molecule has 1 aliphatic carbocycles. The second kappa shape index (κ2) is 22.7. The van der Waals surface area contributed by atoms with Crippen LogP contribution >= 0.6 is 11.6 Å². The molecule has 0 radical (unpaired) electrons. The van der Waals surface area contributed by atoms with Crippen molar-refractivity contribution in [1.29, 1.82) is 0 Å². The zero-order chi connectivity index (χ0) is 47.2. The summed E-state index contributed by atoms with van der Waals surface area (Å²) in [7, 11) is 6.93. The maximum absolute atomic E-state index is 14.7. The zero-order valence-corrected chi connectivity index (χ0v) is 40.9. The third kappa shape index (κ3) is 12.7. The van der Waals surface area contributed by atoms with Gasteiger partial charge in [-0.05, 0) is 91.7 Å². The molecule has 362 valence electrons. The van der Waals surface area contributed by atoms with Crippen molar-refractivity contribution in [2.45, 2.75) is 179 Å². The summed E-state index contributed by atoms with van der Waals surface area (Å²) in [6, 6.07) is 6.70. The molecule has 3 fully saturated rings. The zero-order valence-electron chi connectivity index (χ0n) is 40.2. The molecule has 1 saturated carbocycles. The Balaban J connectivity index is 1.84. The van der Waals surface area contributed by atoms with Crippen LogP contribution in [0.4, 0.5) is 0 Å². The predicted octanol–water partition coefficient (Wildman–Crippen LogP) is 5.64. The summed E-state index contributed by atoms with van der Waals surface area (Å²) in [4.78, 5) is 22.6. The van der Waals surface area contributed by atoms with Crippen LogP contribution in [0.15, 0.2) is 29.4 Å². The Morgan fingerprint density at radius 2 is 1.51 bits per heavy atom. The number of carbonyl (C=O) groups is 1. The van der Waals surface area contributed by atoms with Crippen LogP contribution in [0.2, 0.25) is 5.02 Å². The van der Waals surface area contributed by atoms with E-state index in [-0.39, 0.29) is 50.4 Å². The quantitative estimate of drug-likeness (QED) is 0.141. The molecule has 0 bridgehead atoms. The molecule has 16 heteroatoms. The fourth-order valence-corrected chi connectivity index (χ4v) is 10.2. The van der Waals surface area contributed by atoms with Crippen molar-refractivity contribution in [3.8, 4) is 5.75 Å². The van der Waals surface area contributed by atoms with Crippen molar-refractivity contribution in [2.24, 2.45) is 34.7 Å². The Labute approximate surface area is 381 Å². The summed E-state index contributed by atoms with van der Waals surface area (Å²) < 4.78 is 44.8. The molecule has 0 amide bonds. The first-order chi connectivity index (χ1) is 29.4. The van der Waals surface area contributed by atoms with E-state index in [0.717, 1.165) is 0 Å². The molecule has 0 aromatic heterocycles. The molecule has 15 nitrogen and oxygen atoms in total. The van der Waals surface area contributed by atoms with E-state index < -0.39 is 95.6 Å². The van der Waals surface area contributed by atoms with Crippen molar-refractivity contribution < 1.29 is 63.2 Å². The fraction of sp³-hybridized carbons (Fsp3) is 0.830. The maximum Gasteiger partial charge on any atom is 0.185 e. The summed E-state index contributed by atoms with van der Waals surface area (Å²) in [5, 5.41) is 52.5. The molecule has 2 aliphatic heterocycles. The van der Waals surface area contributed by atoms with Gasteiger partial charge < -0.3 is 63.3 Å². The monoisotopic (exact) mass is 915 g/mol. The Morgan fingerprint density at radius 3 is 2.10 bits per heavy atom. The van der Waals surface area contributed by atoms with Gasteiger partial charge in [0.15, 0.2) is 19.2 Å². The molecule has 4 rings (SSSR count). The van der Waals surface area contributed by atoms with E-state index in [2.05, 4.69) is 5.16 Å². The van der Waals surface area contributed by atoms with E-state index in [0.29, 0.717) is 29.3 Å². The molecule has 2 heterocycles. The lowest BCUT2D eigenvalue weighted by Gasteiger charge is -2.50. The summed E-state index contributed by atoms with van der Waals surface area (Å²) in [5.41, 5.74) is -3.47. The topological polar surface area (TPSA) is 187 Å². The molecule has 1 aromatic rings. The van der Waals surface area contributed by atoms with Gasteiger partial charge in [-0.15, -0.1) is 0 Å². The average Bonchev–Trinajstić information content (AvgIpc) is 3.23. The molecule has 1 aromatic carbocycles. The van der Waals surface area contributed by atoms with E-state index >= 15 is 0 Å². The molecular formula is C47H79ClN2O13. The standard InChI is InChI=1S/C47H79ClN2O13/c1-15-32-23-36(51)28(4)40(62-37-25-45(8,56-13)42(54)31(7)61-37)30(6)43(63-44-39(52)35(50(11)12)22-27(3)60-44)46(9,57-14)24-26(2)38(29(5)41(53)47(32,10)55)49-59-21-20-58-34-18-16-33(48)17-19-34/h16-19,26-32,35,37,39-44,52-55H,15,20-25H2,1-14H3/b49-38+/t26-,27-,28+,29+,30+,31+,32+,35+,37+,39-,40-,41-,42+,43-,44+,45-,46-,47-/m1/s1. The van der Waals surface area contributed by atoms with Crippen molar-refractivity contribution in [3.63, 3.8) is 0 Å². The minimum absolute atomic E-state index is 0.0719. The lowest BCUT2D eigenvalue weighted by Crippen LogP contribution is -2.61. The van der Waals surface area contributed by atoms with E-state index in [1.165, 1.54) is 7.11 Å². The summed E-state index contributed by atoms with van der Waals surface area (Å²) in [6.45, 7) is 18.6. The van der Waals surface area contributed by atoms with Gasteiger partial charge in [0, 0.05) is 61.8 Å². The third-order valence-corrected chi connectivity index (χ3v) is 14.6. The van der Waals surface area contributed by atoms with Gasteiger partial charge in [-0.1, -0.05) is 57.8 Å². The van der Waals surface area contributed by atoms with E-state index in [1.807, 2.05) is 53.6 Å². The van der Waals surface area contributed by atoms with Crippen molar-refractivity contribution >= 4 is 23.1 Å². The maximum atomic E-state index is 14.7. The molecule has 0 spiro atoms.